The number of hydrogen-bond acceptors (Lipinski definition) is 7. The second-order valence-corrected chi connectivity index (χ2v) is 8.77. The zero-order valence-corrected chi connectivity index (χ0v) is 20.2. The Morgan fingerprint density at radius 2 is 1.97 bits per heavy atom. The number of aromatic nitrogens is 2. The summed E-state index contributed by atoms with van der Waals surface area (Å²) >= 11 is 3.47. The van der Waals surface area contributed by atoms with Gasteiger partial charge in [-0.3, -0.25) is 14.5 Å². The first-order valence-electron chi connectivity index (χ1n) is 10.9. The van der Waals surface area contributed by atoms with E-state index >= 15 is 0 Å². The van der Waals surface area contributed by atoms with Gasteiger partial charge in [-0.2, -0.15) is 4.98 Å². The summed E-state index contributed by atoms with van der Waals surface area (Å²) < 4.78 is 0.664. The van der Waals surface area contributed by atoms with Crippen molar-refractivity contribution in [1.29, 1.82) is 0 Å². The maximum atomic E-state index is 12.2. The zero-order chi connectivity index (χ0) is 24.1. The van der Waals surface area contributed by atoms with Gasteiger partial charge in [-0.25, -0.2) is 4.98 Å². The summed E-state index contributed by atoms with van der Waals surface area (Å²) in [6.45, 7) is 2.13. The maximum absolute atomic E-state index is 12.2. The Bertz CT molecular complexity index is 1220. The van der Waals surface area contributed by atoms with Crippen LogP contribution in [0.15, 0.2) is 53.1 Å². The molecule has 1 aliphatic rings. The van der Waals surface area contributed by atoms with E-state index in [9.17, 15) is 9.59 Å². The van der Waals surface area contributed by atoms with E-state index in [0.717, 1.165) is 25.2 Å². The molecule has 0 unspecified atom stereocenters. The molecule has 0 spiro atoms. The molecule has 2 heterocycles. The summed E-state index contributed by atoms with van der Waals surface area (Å²) in [6, 6.07) is 13.3. The number of carboxylic acid groups (broad SMARTS) is 1. The van der Waals surface area contributed by atoms with Crippen LogP contribution in [-0.2, 0) is 17.8 Å². The number of aliphatic carboxylic acids is 1. The molecule has 3 aromatic rings. The number of benzene rings is 2. The summed E-state index contributed by atoms with van der Waals surface area (Å²) in [5.74, 6) is -0.0177. The number of rotatable bonds is 8. The number of halogens is 1. The lowest BCUT2D eigenvalue weighted by Crippen LogP contribution is -2.32. The molecule has 4 rings (SSSR count). The van der Waals surface area contributed by atoms with Gasteiger partial charge in [-0.05, 0) is 57.7 Å². The first kappa shape index (κ1) is 23.7. The second kappa shape index (κ2) is 10.6. The minimum Gasteiger partial charge on any atom is -0.481 e. The molecule has 34 heavy (non-hydrogen) atoms. The van der Waals surface area contributed by atoms with Gasteiger partial charge in [0.05, 0.1) is 22.1 Å². The van der Waals surface area contributed by atoms with Crippen molar-refractivity contribution in [2.24, 2.45) is 0 Å². The van der Waals surface area contributed by atoms with E-state index in [2.05, 4.69) is 58.9 Å². The summed E-state index contributed by atoms with van der Waals surface area (Å²) in [6.07, 6.45) is 2.66. The van der Waals surface area contributed by atoms with Crippen molar-refractivity contribution >= 4 is 50.9 Å². The smallest absolute Gasteiger partial charge is 0.304 e. The van der Waals surface area contributed by atoms with Crippen molar-refractivity contribution in [2.45, 2.75) is 19.4 Å². The van der Waals surface area contributed by atoms with Gasteiger partial charge in [0.15, 0.2) is 0 Å². The molecule has 0 fully saturated rings. The van der Waals surface area contributed by atoms with Gasteiger partial charge >= 0.3 is 5.97 Å². The van der Waals surface area contributed by atoms with Gasteiger partial charge in [0.1, 0.15) is 5.82 Å². The van der Waals surface area contributed by atoms with E-state index in [1.807, 2.05) is 18.2 Å². The average molecular weight is 525 g/mol. The Morgan fingerprint density at radius 1 is 1.15 bits per heavy atom. The number of carbonyl (C=O) groups excluding carboxylic acids is 1. The molecule has 0 bridgehead atoms. The van der Waals surface area contributed by atoms with Crippen LogP contribution < -0.4 is 16.0 Å². The molecule has 2 aromatic carbocycles. The van der Waals surface area contributed by atoms with Gasteiger partial charge in [0.25, 0.3) is 5.91 Å². The van der Waals surface area contributed by atoms with Crippen LogP contribution in [0.2, 0.25) is 0 Å². The quantitative estimate of drug-likeness (QED) is 0.350. The lowest BCUT2D eigenvalue weighted by Gasteiger charge is -2.28. The highest BCUT2D eigenvalue weighted by atomic mass is 79.9. The third-order valence-corrected chi connectivity index (χ3v) is 6.17. The lowest BCUT2D eigenvalue weighted by atomic mass is 9.99. The Morgan fingerprint density at radius 3 is 2.76 bits per heavy atom. The Balaban J connectivity index is 1.48. The Labute approximate surface area is 205 Å². The van der Waals surface area contributed by atoms with Crippen LogP contribution in [0.3, 0.4) is 0 Å². The van der Waals surface area contributed by atoms with Crippen LogP contribution in [0.25, 0.3) is 0 Å². The molecule has 176 valence electrons. The molecule has 0 saturated heterocycles. The number of fused-ring (bicyclic) bond motifs is 1. The highest BCUT2D eigenvalue weighted by Gasteiger charge is 2.18. The van der Waals surface area contributed by atoms with Crippen molar-refractivity contribution in [1.82, 2.24) is 20.2 Å². The molecule has 0 atom stereocenters. The molecule has 1 aromatic heterocycles. The Hall–Kier alpha value is -3.50. The average Bonchev–Trinajstić information content (AvgIpc) is 2.84. The first-order chi connectivity index (χ1) is 16.4. The van der Waals surface area contributed by atoms with E-state index in [1.165, 1.54) is 11.1 Å². The Kier molecular flexibility index (Phi) is 7.39. The number of carbonyl (C=O) groups is 2. The van der Waals surface area contributed by atoms with E-state index in [0.29, 0.717) is 34.0 Å². The zero-order valence-electron chi connectivity index (χ0n) is 18.6. The first-order valence-corrected chi connectivity index (χ1v) is 11.7. The number of anilines is 4. The minimum atomic E-state index is -0.772. The maximum Gasteiger partial charge on any atom is 0.304 e. The van der Waals surface area contributed by atoms with Crippen molar-refractivity contribution in [2.75, 3.05) is 30.8 Å². The minimum absolute atomic E-state index is 0.153. The van der Waals surface area contributed by atoms with E-state index in [1.54, 1.807) is 25.4 Å². The van der Waals surface area contributed by atoms with Gasteiger partial charge in [-0.15, -0.1) is 0 Å². The van der Waals surface area contributed by atoms with Crippen LogP contribution in [0.4, 0.5) is 23.1 Å². The van der Waals surface area contributed by atoms with Gasteiger partial charge in [-0.1, -0.05) is 18.2 Å². The standard InChI is InChI=1S/C24H25BrN6O3/c1-26-23(34)18-4-2-3-5-20(18)29-22-19(25)13-27-24(30-22)28-17-7-6-16-14-31(11-9-21(32)33)10-8-15(16)12-17/h2-7,12-13H,8-11,14H2,1H3,(H,26,34)(H,32,33)(H2,27,28,29,30). The summed E-state index contributed by atoms with van der Waals surface area (Å²) in [5.41, 5.74) is 4.45. The number of nitrogens with one attached hydrogen (secondary N) is 3. The van der Waals surface area contributed by atoms with Crippen molar-refractivity contribution in [3.8, 4) is 0 Å². The molecule has 0 saturated carbocycles. The fourth-order valence-electron chi connectivity index (χ4n) is 3.83. The van der Waals surface area contributed by atoms with Gasteiger partial charge in [0.2, 0.25) is 5.95 Å². The molecular formula is C24H25BrN6O3. The molecule has 1 aliphatic heterocycles. The molecule has 1 amide bonds. The number of amides is 1. The second-order valence-electron chi connectivity index (χ2n) is 7.92. The van der Waals surface area contributed by atoms with E-state index in [4.69, 9.17) is 5.11 Å². The summed E-state index contributed by atoms with van der Waals surface area (Å²) in [4.78, 5) is 34.1. The molecule has 9 nitrogen and oxygen atoms in total. The van der Waals surface area contributed by atoms with Crippen LogP contribution in [0, 0.1) is 0 Å². The van der Waals surface area contributed by atoms with Gasteiger partial charge in [0, 0.05) is 38.6 Å². The van der Waals surface area contributed by atoms with Crippen molar-refractivity contribution < 1.29 is 14.7 Å². The highest BCUT2D eigenvalue weighted by Crippen LogP contribution is 2.28. The lowest BCUT2D eigenvalue weighted by molar-refractivity contribution is -0.137. The predicted octanol–water partition coefficient (Wildman–Crippen LogP) is 3.92. The van der Waals surface area contributed by atoms with Crippen molar-refractivity contribution in [3.63, 3.8) is 0 Å². The third-order valence-electron chi connectivity index (χ3n) is 5.59. The number of nitrogens with zero attached hydrogens (tertiary/aromatic N) is 3. The highest BCUT2D eigenvalue weighted by molar-refractivity contribution is 9.10. The van der Waals surface area contributed by atoms with Crippen LogP contribution >= 0.6 is 15.9 Å². The van der Waals surface area contributed by atoms with Crippen LogP contribution in [0.5, 0.6) is 0 Å². The molecular weight excluding hydrogens is 500 g/mol. The SMILES string of the molecule is CNC(=O)c1ccccc1Nc1nc(Nc2ccc3c(c2)CCN(CCC(=O)O)C3)ncc1Br. The number of hydrogen-bond donors (Lipinski definition) is 4. The monoisotopic (exact) mass is 524 g/mol. The summed E-state index contributed by atoms with van der Waals surface area (Å²) in [7, 11) is 1.59. The van der Waals surface area contributed by atoms with Crippen LogP contribution in [0.1, 0.15) is 27.9 Å². The summed E-state index contributed by atoms with van der Waals surface area (Å²) in [5, 5.41) is 18.0. The predicted molar refractivity (Wildman–Crippen MR) is 134 cm³/mol. The fourth-order valence-corrected chi connectivity index (χ4v) is 4.12. The molecule has 4 N–H and O–H groups in total. The topological polar surface area (TPSA) is 119 Å². The van der Waals surface area contributed by atoms with E-state index < -0.39 is 5.97 Å². The largest absolute Gasteiger partial charge is 0.481 e. The third kappa shape index (κ3) is 5.70. The normalized spacial score (nSPS) is 13.1. The molecule has 10 heteroatoms. The molecule has 0 radical (unpaired) electrons. The number of para-hydroxylation sites is 1. The fraction of sp³-hybridized carbons (Fsp3) is 0.250. The van der Waals surface area contributed by atoms with Crippen molar-refractivity contribution in [3.05, 3.63) is 69.8 Å². The number of carboxylic acids is 1. The van der Waals surface area contributed by atoms with Crippen LogP contribution in [-0.4, -0.2) is 52.0 Å². The molecule has 0 aliphatic carbocycles. The van der Waals surface area contributed by atoms with E-state index in [-0.39, 0.29) is 12.3 Å². The van der Waals surface area contributed by atoms with Gasteiger partial charge < -0.3 is 21.1 Å².